The van der Waals surface area contributed by atoms with E-state index in [1.54, 1.807) is 7.11 Å². The summed E-state index contributed by atoms with van der Waals surface area (Å²) in [6, 6.07) is 21.3. The Balaban J connectivity index is 1.79. The van der Waals surface area contributed by atoms with E-state index in [9.17, 15) is 0 Å². The second kappa shape index (κ2) is 9.02. The highest BCUT2D eigenvalue weighted by molar-refractivity contribution is 6.35. The molecule has 0 N–H and O–H groups in total. The maximum Gasteiger partial charge on any atom is 0.118 e. The molecule has 3 aromatic carbocycles. The summed E-state index contributed by atoms with van der Waals surface area (Å²) >= 11 is 7.06. The van der Waals surface area contributed by atoms with Crippen LogP contribution in [0.2, 0.25) is 5.02 Å². The van der Waals surface area contributed by atoms with Gasteiger partial charge in [-0.3, -0.25) is 4.90 Å². The van der Waals surface area contributed by atoms with Crippen molar-refractivity contribution in [2.75, 3.05) is 20.2 Å². The SMILES string of the molecule is COc1ccc(-c2ccc(CN3CCCCC3)c(Cl)c2-c2ccc(C)cc2)cc1. The molecule has 3 aromatic rings. The number of hydrogen-bond acceptors (Lipinski definition) is 2. The molecule has 0 radical (unpaired) electrons. The zero-order chi connectivity index (χ0) is 20.2. The predicted molar refractivity (Wildman–Crippen MR) is 123 cm³/mol. The van der Waals surface area contributed by atoms with Crippen LogP contribution < -0.4 is 4.74 Å². The second-order valence-electron chi connectivity index (χ2n) is 7.89. The van der Waals surface area contributed by atoms with Gasteiger partial charge in [0.1, 0.15) is 5.75 Å². The van der Waals surface area contributed by atoms with E-state index in [-0.39, 0.29) is 0 Å². The van der Waals surface area contributed by atoms with E-state index in [0.717, 1.165) is 52.7 Å². The molecule has 1 saturated heterocycles. The monoisotopic (exact) mass is 405 g/mol. The molecule has 1 aliphatic heterocycles. The van der Waals surface area contributed by atoms with Crippen LogP contribution in [-0.2, 0) is 6.54 Å². The van der Waals surface area contributed by atoms with Crippen LogP contribution in [0.1, 0.15) is 30.4 Å². The third-order valence-corrected chi connectivity index (χ3v) is 6.24. The minimum absolute atomic E-state index is 0.860. The summed E-state index contributed by atoms with van der Waals surface area (Å²) in [5, 5.41) is 0.868. The largest absolute Gasteiger partial charge is 0.497 e. The van der Waals surface area contributed by atoms with E-state index in [1.807, 2.05) is 12.1 Å². The molecule has 0 saturated carbocycles. The second-order valence-corrected chi connectivity index (χ2v) is 8.27. The summed E-state index contributed by atoms with van der Waals surface area (Å²) in [6.45, 7) is 5.36. The lowest BCUT2D eigenvalue weighted by Crippen LogP contribution is -2.29. The van der Waals surface area contributed by atoms with E-state index in [2.05, 4.69) is 60.4 Å². The Hall–Kier alpha value is -2.29. The summed E-state index contributed by atoms with van der Waals surface area (Å²) in [5.41, 5.74) is 7.04. The molecule has 2 nitrogen and oxygen atoms in total. The summed E-state index contributed by atoms with van der Waals surface area (Å²) < 4.78 is 5.33. The maximum absolute atomic E-state index is 7.06. The average molecular weight is 406 g/mol. The van der Waals surface area contributed by atoms with Crippen LogP contribution in [0.4, 0.5) is 0 Å². The van der Waals surface area contributed by atoms with Crippen molar-refractivity contribution in [2.24, 2.45) is 0 Å². The van der Waals surface area contributed by atoms with Gasteiger partial charge >= 0.3 is 0 Å². The normalized spacial score (nSPS) is 14.7. The minimum Gasteiger partial charge on any atom is -0.497 e. The molecule has 0 atom stereocenters. The fraction of sp³-hybridized carbons (Fsp3) is 0.308. The van der Waals surface area contributed by atoms with Gasteiger partial charge in [-0.15, -0.1) is 0 Å². The molecule has 0 aliphatic carbocycles. The quantitative estimate of drug-likeness (QED) is 0.454. The zero-order valence-electron chi connectivity index (χ0n) is 17.2. The van der Waals surface area contributed by atoms with Crippen LogP contribution in [0.25, 0.3) is 22.3 Å². The average Bonchev–Trinajstić information content (AvgIpc) is 2.77. The third kappa shape index (κ3) is 4.49. The Kier molecular flexibility index (Phi) is 6.22. The van der Waals surface area contributed by atoms with Crippen molar-refractivity contribution in [3.05, 3.63) is 76.8 Å². The first-order valence-electron chi connectivity index (χ1n) is 10.4. The fourth-order valence-corrected chi connectivity index (χ4v) is 4.45. The summed E-state index contributed by atoms with van der Waals surface area (Å²) in [7, 11) is 1.69. The van der Waals surface area contributed by atoms with Gasteiger partial charge in [-0.1, -0.05) is 72.1 Å². The number of aryl methyl sites for hydroxylation is 1. The van der Waals surface area contributed by atoms with Crippen molar-refractivity contribution in [3.63, 3.8) is 0 Å². The molecule has 1 fully saturated rings. The van der Waals surface area contributed by atoms with Crippen molar-refractivity contribution >= 4 is 11.6 Å². The van der Waals surface area contributed by atoms with Crippen LogP contribution in [0.3, 0.4) is 0 Å². The number of hydrogen-bond donors (Lipinski definition) is 0. The lowest BCUT2D eigenvalue weighted by molar-refractivity contribution is 0.221. The first kappa shape index (κ1) is 20.0. The van der Waals surface area contributed by atoms with E-state index < -0.39 is 0 Å². The Morgan fingerprint density at radius 1 is 0.828 bits per heavy atom. The lowest BCUT2D eigenvalue weighted by Gasteiger charge is -2.27. The van der Waals surface area contributed by atoms with E-state index >= 15 is 0 Å². The molecule has 29 heavy (non-hydrogen) atoms. The molecule has 1 heterocycles. The molecule has 1 aliphatic rings. The van der Waals surface area contributed by atoms with E-state index in [4.69, 9.17) is 16.3 Å². The molecule has 0 aromatic heterocycles. The molecular formula is C26H28ClNO. The number of nitrogens with zero attached hydrogens (tertiary/aromatic N) is 1. The summed E-state index contributed by atoms with van der Waals surface area (Å²) in [6.07, 6.45) is 3.91. The van der Waals surface area contributed by atoms with Crippen LogP contribution in [0.5, 0.6) is 5.75 Å². The Bertz CT molecular complexity index is 957. The van der Waals surface area contributed by atoms with Crippen molar-refractivity contribution in [3.8, 4) is 28.0 Å². The van der Waals surface area contributed by atoms with Crippen LogP contribution >= 0.6 is 11.6 Å². The maximum atomic E-state index is 7.06. The lowest BCUT2D eigenvalue weighted by atomic mass is 9.92. The number of benzene rings is 3. The van der Waals surface area contributed by atoms with Gasteiger partial charge in [-0.05, 0) is 67.2 Å². The molecule has 0 unspecified atom stereocenters. The summed E-state index contributed by atoms with van der Waals surface area (Å²) in [5.74, 6) is 0.860. The molecule has 3 heteroatoms. The molecule has 0 spiro atoms. The molecular weight excluding hydrogens is 378 g/mol. The number of piperidine rings is 1. The van der Waals surface area contributed by atoms with Gasteiger partial charge in [0.25, 0.3) is 0 Å². The van der Waals surface area contributed by atoms with Gasteiger partial charge in [-0.2, -0.15) is 0 Å². The highest BCUT2D eigenvalue weighted by Crippen LogP contribution is 2.40. The topological polar surface area (TPSA) is 12.5 Å². The number of methoxy groups -OCH3 is 1. The Morgan fingerprint density at radius 3 is 2.14 bits per heavy atom. The standard InChI is InChI=1S/C26H28ClNO/c1-19-6-8-21(9-7-19)25-24(20-10-13-23(29-2)14-11-20)15-12-22(26(25)27)18-28-16-4-3-5-17-28/h6-15H,3-5,16-18H2,1-2H3. The molecule has 150 valence electrons. The van der Waals surface area contributed by atoms with Crippen molar-refractivity contribution in [1.82, 2.24) is 4.90 Å². The predicted octanol–water partition coefficient (Wildman–Crippen LogP) is 6.98. The van der Waals surface area contributed by atoms with Gasteiger partial charge in [0.2, 0.25) is 0 Å². The van der Waals surface area contributed by atoms with Gasteiger partial charge in [-0.25, -0.2) is 0 Å². The van der Waals surface area contributed by atoms with Gasteiger partial charge < -0.3 is 4.74 Å². The number of halogens is 1. The smallest absolute Gasteiger partial charge is 0.118 e. The number of likely N-dealkylation sites (tertiary alicyclic amines) is 1. The molecule has 0 amide bonds. The number of rotatable bonds is 5. The molecule has 4 rings (SSSR count). The molecule has 0 bridgehead atoms. The van der Waals surface area contributed by atoms with Crippen molar-refractivity contribution in [2.45, 2.75) is 32.7 Å². The summed E-state index contributed by atoms with van der Waals surface area (Å²) in [4.78, 5) is 2.52. The van der Waals surface area contributed by atoms with Gasteiger partial charge in [0.05, 0.1) is 12.1 Å². The third-order valence-electron chi connectivity index (χ3n) is 5.81. The van der Waals surface area contributed by atoms with Crippen molar-refractivity contribution in [1.29, 1.82) is 0 Å². The highest BCUT2D eigenvalue weighted by atomic mass is 35.5. The zero-order valence-corrected chi connectivity index (χ0v) is 18.0. The van der Waals surface area contributed by atoms with E-state index in [0.29, 0.717) is 0 Å². The Labute approximate surface area is 179 Å². The van der Waals surface area contributed by atoms with Crippen LogP contribution in [0, 0.1) is 6.92 Å². The highest BCUT2D eigenvalue weighted by Gasteiger charge is 2.18. The van der Waals surface area contributed by atoms with Crippen LogP contribution in [0.15, 0.2) is 60.7 Å². The fourth-order valence-electron chi connectivity index (χ4n) is 4.11. The van der Waals surface area contributed by atoms with Crippen molar-refractivity contribution < 1.29 is 4.74 Å². The number of ether oxygens (including phenoxy) is 1. The van der Waals surface area contributed by atoms with Crippen LogP contribution in [-0.4, -0.2) is 25.1 Å². The van der Waals surface area contributed by atoms with E-state index in [1.165, 1.54) is 30.4 Å². The first-order chi connectivity index (χ1) is 14.2. The first-order valence-corrected chi connectivity index (χ1v) is 10.8. The Morgan fingerprint density at radius 2 is 1.48 bits per heavy atom. The van der Waals surface area contributed by atoms with Gasteiger partial charge in [0, 0.05) is 12.1 Å². The minimum atomic E-state index is 0.860. The van der Waals surface area contributed by atoms with Gasteiger partial charge in [0.15, 0.2) is 0 Å².